The zero-order valence-corrected chi connectivity index (χ0v) is 12.4. The van der Waals surface area contributed by atoms with Crippen molar-refractivity contribution in [3.63, 3.8) is 0 Å². The summed E-state index contributed by atoms with van der Waals surface area (Å²) in [6, 6.07) is 9.09. The van der Waals surface area contributed by atoms with Gasteiger partial charge in [-0.05, 0) is 31.4 Å². The first kappa shape index (κ1) is 16.4. The Balaban J connectivity index is 2.60. The fourth-order valence-electron chi connectivity index (χ4n) is 2.12. The van der Waals surface area contributed by atoms with Gasteiger partial charge in [-0.2, -0.15) is 0 Å². The van der Waals surface area contributed by atoms with E-state index < -0.39 is 6.04 Å². The summed E-state index contributed by atoms with van der Waals surface area (Å²) in [5, 5.41) is 5.80. The van der Waals surface area contributed by atoms with Crippen LogP contribution in [0.2, 0.25) is 0 Å². The van der Waals surface area contributed by atoms with Gasteiger partial charge in [-0.25, -0.2) is 0 Å². The minimum atomic E-state index is -0.408. The van der Waals surface area contributed by atoms with Crippen molar-refractivity contribution in [3.8, 4) is 0 Å². The molecule has 4 heteroatoms. The van der Waals surface area contributed by atoms with Gasteiger partial charge in [-0.1, -0.05) is 44.2 Å². The van der Waals surface area contributed by atoms with Crippen molar-refractivity contribution in [2.45, 2.75) is 38.8 Å². The Kier molecular flexibility index (Phi) is 6.94. The molecule has 0 saturated heterocycles. The summed E-state index contributed by atoms with van der Waals surface area (Å²) >= 11 is 0. The number of hydrogen-bond donors (Lipinski definition) is 2. The zero-order chi connectivity index (χ0) is 15.0. The van der Waals surface area contributed by atoms with Crippen LogP contribution in [0.3, 0.4) is 0 Å². The van der Waals surface area contributed by atoms with E-state index in [1.54, 1.807) is 7.05 Å². The highest BCUT2D eigenvalue weighted by Crippen LogP contribution is 2.06. The van der Waals surface area contributed by atoms with Crippen LogP contribution in [0.1, 0.15) is 25.8 Å². The Labute approximate surface area is 121 Å². The molecule has 0 aliphatic heterocycles. The van der Waals surface area contributed by atoms with Gasteiger partial charge in [0, 0.05) is 0 Å². The van der Waals surface area contributed by atoms with Crippen molar-refractivity contribution in [2.75, 3.05) is 7.05 Å². The van der Waals surface area contributed by atoms with Crippen LogP contribution in [-0.4, -0.2) is 31.3 Å². The molecule has 0 aromatic heterocycles. The molecule has 0 aliphatic rings. The highest BCUT2D eigenvalue weighted by atomic mass is 16.2. The number of nitrogens with one attached hydrogen (secondary N) is 2. The predicted molar refractivity (Wildman–Crippen MR) is 80.4 cm³/mol. The number of aldehydes is 1. The van der Waals surface area contributed by atoms with Crippen molar-refractivity contribution in [1.29, 1.82) is 0 Å². The van der Waals surface area contributed by atoms with Crippen molar-refractivity contribution < 1.29 is 9.59 Å². The molecule has 0 spiro atoms. The van der Waals surface area contributed by atoms with Crippen LogP contribution in [-0.2, 0) is 16.0 Å². The smallest absolute Gasteiger partial charge is 0.238 e. The molecule has 0 aliphatic carbocycles. The SMILES string of the molecule is CNC(Cc1ccccc1)C(=O)N[C@@H](C=O)CC(C)C. The van der Waals surface area contributed by atoms with E-state index in [0.29, 0.717) is 18.8 Å². The molecule has 1 rings (SSSR count). The Morgan fingerprint density at radius 3 is 2.40 bits per heavy atom. The van der Waals surface area contributed by atoms with Gasteiger partial charge in [0.05, 0.1) is 12.1 Å². The first-order valence-electron chi connectivity index (χ1n) is 7.03. The van der Waals surface area contributed by atoms with Crippen LogP contribution in [0.5, 0.6) is 0 Å². The molecule has 2 atom stereocenters. The summed E-state index contributed by atoms with van der Waals surface area (Å²) in [5.74, 6) is 0.238. The number of likely N-dealkylation sites (N-methyl/N-ethyl adjacent to an activating group) is 1. The molecule has 1 aromatic carbocycles. The molecule has 4 nitrogen and oxygen atoms in total. The lowest BCUT2D eigenvalue weighted by Gasteiger charge is -2.20. The number of amides is 1. The fourth-order valence-corrected chi connectivity index (χ4v) is 2.12. The molecule has 0 saturated carbocycles. The normalized spacial score (nSPS) is 13.8. The summed E-state index contributed by atoms with van der Waals surface area (Å²) in [7, 11) is 1.76. The molecular formula is C16H24N2O2. The minimum Gasteiger partial charge on any atom is -0.345 e. The van der Waals surface area contributed by atoms with E-state index in [2.05, 4.69) is 10.6 Å². The van der Waals surface area contributed by atoms with Gasteiger partial charge in [0.2, 0.25) is 5.91 Å². The summed E-state index contributed by atoms with van der Waals surface area (Å²) < 4.78 is 0. The maximum atomic E-state index is 12.2. The lowest BCUT2D eigenvalue weighted by Crippen LogP contribution is -2.48. The van der Waals surface area contributed by atoms with Gasteiger partial charge < -0.3 is 15.4 Å². The van der Waals surface area contributed by atoms with E-state index in [4.69, 9.17) is 0 Å². The van der Waals surface area contributed by atoms with E-state index in [-0.39, 0.29) is 11.9 Å². The number of rotatable bonds is 8. The van der Waals surface area contributed by atoms with Gasteiger partial charge in [0.15, 0.2) is 0 Å². The van der Waals surface area contributed by atoms with E-state index in [1.165, 1.54) is 0 Å². The third-order valence-electron chi connectivity index (χ3n) is 3.16. The summed E-state index contributed by atoms with van der Waals surface area (Å²) in [6.45, 7) is 4.06. The van der Waals surface area contributed by atoms with E-state index in [9.17, 15) is 9.59 Å². The third-order valence-corrected chi connectivity index (χ3v) is 3.16. The molecule has 0 fully saturated rings. The molecule has 1 unspecified atom stereocenters. The van der Waals surface area contributed by atoms with Gasteiger partial charge in [-0.3, -0.25) is 4.79 Å². The lowest BCUT2D eigenvalue weighted by atomic mass is 10.0. The Morgan fingerprint density at radius 1 is 1.25 bits per heavy atom. The number of carbonyl (C=O) groups excluding carboxylic acids is 2. The van der Waals surface area contributed by atoms with Gasteiger partial charge in [0.1, 0.15) is 6.29 Å². The zero-order valence-electron chi connectivity index (χ0n) is 12.4. The molecule has 0 heterocycles. The fraction of sp³-hybridized carbons (Fsp3) is 0.500. The van der Waals surface area contributed by atoms with Crippen LogP contribution in [0, 0.1) is 5.92 Å². The van der Waals surface area contributed by atoms with Crippen LogP contribution in [0.25, 0.3) is 0 Å². The minimum absolute atomic E-state index is 0.130. The molecular weight excluding hydrogens is 252 g/mol. The second-order valence-electron chi connectivity index (χ2n) is 5.41. The Morgan fingerprint density at radius 2 is 1.90 bits per heavy atom. The maximum absolute atomic E-state index is 12.2. The number of benzene rings is 1. The molecule has 20 heavy (non-hydrogen) atoms. The topological polar surface area (TPSA) is 58.2 Å². The molecule has 0 bridgehead atoms. The van der Waals surface area contributed by atoms with Crippen LogP contribution >= 0.6 is 0 Å². The van der Waals surface area contributed by atoms with Crippen LogP contribution < -0.4 is 10.6 Å². The van der Waals surface area contributed by atoms with Crippen molar-refractivity contribution in [2.24, 2.45) is 5.92 Å². The monoisotopic (exact) mass is 276 g/mol. The second kappa shape index (κ2) is 8.48. The molecule has 110 valence electrons. The van der Waals surface area contributed by atoms with Crippen LogP contribution in [0.15, 0.2) is 30.3 Å². The average molecular weight is 276 g/mol. The second-order valence-corrected chi connectivity index (χ2v) is 5.41. The molecule has 2 N–H and O–H groups in total. The van der Waals surface area contributed by atoms with Crippen molar-refractivity contribution in [3.05, 3.63) is 35.9 Å². The quantitative estimate of drug-likeness (QED) is 0.708. The van der Waals surface area contributed by atoms with E-state index >= 15 is 0 Å². The van der Waals surface area contributed by atoms with Crippen molar-refractivity contribution in [1.82, 2.24) is 10.6 Å². The van der Waals surface area contributed by atoms with Crippen LogP contribution in [0.4, 0.5) is 0 Å². The summed E-state index contributed by atoms with van der Waals surface area (Å²) in [6.07, 6.45) is 2.08. The number of carbonyl (C=O) groups is 2. The highest BCUT2D eigenvalue weighted by Gasteiger charge is 2.20. The van der Waals surface area contributed by atoms with Gasteiger partial charge in [0.25, 0.3) is 0 Å². The standard InChI is InChI=1S/C16H24N2O2/c1-12(2)9-14(11-19)18-16(20)15(17-3)10-13-7-5-4-6-8-13/h4-8,11-12,14-15,17H,9-10H2,1-3H3,(H,18,20)/t14-,15?/m1/s1. The van der Waals surface area contributed by atoms with E-state index in [0.717, 1.165) is 11.8 Å². The molecule has 1 amide bonds. The number of hydrogen-bond acceptors (Lipinski definition) is 3. The summed E-state index contributed by atoms with van der Waals surface area (Å²) in [4.78, 5) is 23.2. The van der Waals surface area contributed by atoms with Gasteiger partial charge in [-0.15, -0.1) is 0 Å². The van der Waals surface area contributed by atoms with Gasteiger partial charge >= 0.3 is 0 Å². The van der Waals surface area contributed by atoms with E-state index in [1.807, 2.05) is 44.2 Å². The summed E-state index contributed by atoms with van der Waals surface area (Å²) in [5.41, 5.74) is 1.09. The third kappa shape index (κ3) is 5.53. The predicted octanol–water partition coefficient (Wildman–Crippen LogP) is 1.55. The largest absolute Gasteiger partial charge is 0.345 e. The highest BCUT2D eigenvalue weighted by molar-refractivity contribution is 5.84. The first-order chi connectivity index (χ1) is 9.56. The molecule has 0 radical (unpaired) electrons. The Hall–Kier alpha value is -1.68. The average Bonchev–Trinajstić information content (AvgIpc) is 2.44. The lowest BCUT2D eigenvalue weighted by molar-refractivity contribution is -0.125. The molecule has 1 aromatic rings. The maximum Gasteiger partial charge on any atom is 0.238 e. The first-order valence-corrected chi connectivity index (χ1v) is 7.03. The van der Waals surface area contributed by atoms with Crippen molar-refractivity contribution >= 4 is 12.2 Å². The Bertz CT molecular complexity index is 418.